The van der Waals surface area contributed by atoms with Crippen molar-refractivity contribution in [2.45, 2.75) is 0 Å². The van der Waals surface area contributed by atoms with E-state index in [0.29, 0.717) is 0 Å². The van der Waals surface area contributed by atoms with Crippen LogP contribution in [0.2, 0.25) is 0 Å². The molecule has 0 aromatic rings. The Balaban J connectivity index is 0. The van der Waals surface area contributed by atoms with Crippen LogP contribution in [0.3, 0.4) is 0 Å². The van der Waals surface area contributed by atoms with Gasteiger partial charge in [-0.05, 0) is 0 Å². The summed E-state index contributed by atoms with van der Waals surface area (Å²) in [6.45, 7) is 0. The van der Waals surface area contributed by atoms with Gasteiger partial charge in [0.2, 0.25) is 0 Å². The second-order valence-corrected chi connectivity index (χ2v) is 1.60. The largest absolute Gasteiger partial charge is 2.00 e. The van der Waals surface area contributed by atoms with Gasteiger partial charge in [-0.1, -0.05) is 0 Å². The van der Waals surface area contributed by atoms with Crippen LogP contribution >= 0.6 is 20.2 Å². The summed E-state index contributed by atoms with van der Waals surface area (Å²) in [6, 6.07) is 0. The average Bonchev–Trinajstić information content (AvgIpc) is 0.918. The van der Waals surface area contributed by atoms with Crippen molar-refractivity contribution in [3.63, 3.8) is 0 Å². The summed E-state index contributed by atoms with van der Waals surface area (Å²) in [5.74, 6) is 0. The van der Waals surface area contributed by atoms with Gasteiger partial charge >= 0.3 is 50.4 Å². The molecule has 0 aliphatic rings. The summed E-state index contributed by atoms with van der Waals surface area (Å²) in [5, 5.41) is 0. The van der Waals surface area contributed by atoms with Gasteiger partial charge in [-0.3, -0.25) is 0 Å². The number of rotatable bonds is 0. The van der Waals surface area contributed by atoms with Gasteiger partial charge in [0.1, 0.15) is 0 Å². The van der Waals surface area contributed by atoms with Crippen LogP contribution in [0.25, 0.3) is 0 Å². The summed E-state index contributed by atoms with van der Waals surface area (Å²) in [6.07, 6.45) is 0. The molecule has 0 aromatic heterocycles. The normalized spacial score (nSPS) is 5.50. The fourth-order valence-electron chi connectivity index (χ4n) is 0. The molecule has 0 nitrogen and oxygen atoms in total. The average molecular weight is 198 g/mol. The summed E-state index contributed by atoms with van der Waals surface area (Å²) in [5.41, 5.74) is 0. The van der Waals surface area contributed by atoms with Crippen LogP contribution in [0.4, 0.5) is 0 Å². The Morgan fingerprint density at radius 2 is 1.25 bits per heavy atom. The van der Waals surface area contributed by atoms with Crippen LogP contribution < -0.4 is 0 Å². The molecule has 0 saturated heterocycles. The van der Waals surface area contributed by atoms with E-state index in [2.05, 4.69) is 20.2 Å². The van der Waals surface area contributed by atoms with Crippen LogP contribution in [0, 0.1) is 0 Å². The van der Waals surface area contributed by atoms with E-state index in [0.717, 1.165) is 13.1 Å². The molecule has 0 aliphatic heterocycles. The fourth-order valence-corrected chi connectivity index (χ4v) is 0. The third-order valence-corrected chi connectivity index (χ3v) is 0. The van der Waals surface area contributed by atoms with E-state index in [1.807, 2.05) is 0 Å². The third kappa shape index (κ3) is 9.47. The van der Waals surface area contributed by atoms with Crippen molar-refractivity contribution in [3.05, 3.63) is 0 Å². The maximum atomic E-state index is 4.67. The first kappa shape index (κ1) is 9.15. The van der Waals surface area contributed by atoms with Crippen LogP contribution in [0.15, 0.2) is 0 Å². The van der Waals surface area contributed by atoms with E-state index < -0.39 is 0 Å². The third-order valence-electron chi connectivity index (χ3n) is 0. The minimum atomic E-state index is 0. The standard InChI is InChI=1S/2ClH.2Cu/h2*1H;;/q;;2*+2/p-2. The SMILES string of the molecule is [Cl][Cu][Cl].[Cu+2]. The van der Waals surface area contributed by atoms with Gasteiger partial charge in [0.05, 0.1) is 0 Å². The van der Waals surface area contributed by atoms with Crippen molar-refractivity contribution < 1.29 is 30.2 Å². The number of hydrogen-bond donors (Lipinski definition) is 0. The molecule has 4 heavy (non-hydrogen) atoms. The molecule has 0 heterocycles. The van der Waals surface area contributed by atoms with E-state index in [-0.39, 0.29) is 17.1 Å². The Kier molecular flexibility index (Phi) is 20.2. The van der Waals surface area contributed by atoms with Gasteiger partial charge in [0.15, 0.2) is 0 Å². The predicted octanol–water partition coefficient (Wildman–Crippen LogP) is 1.37. The van der Waals surface area contributed by atoms with E-state index in [1.54, 1.807) is 0 Å². The van der Waals surface area contributed by atoms with Gasteiger partial charge in [-0.15, -0.1) is 0 Å². The minimum Gasteiger partial charge on any atom is 2.00 e. The molecule has 0 saturated carbocycles. The molecule has 0 rings (SSSR count). The van der Waals surface area contributed by atoms with Gasteiger partial charge in [0, 0.05) is 0 Å². The molecule has 4 heteroatoms. The maximum Gasteiger partial charge on any atom is 2.00 e. The second-order valence-electron chi connectivity index (χ2n) is 0.0431. The minimum absolute atomic E-state index is 0. The van der Waals surface area contributed by atoms with E-state index in [1.165, 1.54) is 0 Å². The van der Waals surface area contributed by atoms with Gasteiger partial charge in [-0.2, -0.15) is 0 Å². The molecule has 0 spiro atoms. The van der Waals surface area contributed by atoms with Gasteiger partial charge < -0.3 is 0 Å². The zero-order chi connectivity index (χ0) is 2.71. The van der Waals surface area contributed by atoms with Gasteiger partial charge in [0.25, 0.3) is 0 Å². The number of halogens is 2. The molecular formula is Cl2Cu2+2. The topological polar surface area (TPSA) is 0 Å². The first-order valence-corrected chi connectivity index (χ1v) is 2.82. The molecule has 0 bridgehead atoms. The first-order chi connectivity index (χ1) is 1.41. The summed E-state index contributed by atoms with van der Waals surface area (Å²) >= 11 is 0.757. The van der Waals surface area contributed by atoms with Crippen LogP contribution in [-0.2, 0) is 30.2 Å². The van der Waals surface area contributed by atoms with Gasteiger partial charge in [-0.25, -0.2) is 0 Å². The van der Waals surface area contributed by atoms with Crippen molar-refractivity contribution in [2.75, 3.05) is 0 Å². The zero-order valence-corrected chi connectivity index (χ0v) is 4.75. The monoisotopic (exact) mass is 196 g/mol. The maximum absolute atomic E-state index is 4.67. The van der Waals surface area contributed by atoms with E-state index in [9.17, 15) is 0 Å². The first-order valence-electron chi connectivity index (χ1n) is 0.228. The molecule has 0 atom stereocenters. The molecular weight excluding hydrogens is 198 g/mol. The molecule has 0 N–H and O–H groups in total. The van der Waals surface area contributed by atoms with Crippen LogP contribution in [-0.4, -0.2) is 0 Å². The summed E-state index contributed by atoms with van der Waals surface area (Å²) < 4.78 is 0. The quantitative estimate of drug-likeness (QED) is 0.515. The molecule has 0 fully saturated rings. The Labute approximate surface area is 50.3 Å². The Morgan fingerprint density at radius 1 is 1.25 bits per heavy atom. The van der Waals surface area contributed by atoms with Crippen LogP contribution in [0.5, 0.6) is 0 Å². The Morgan fingerprint density at radius 3 is 1.25 bits per heavy atom. The van der Waals surface area contributed by atoms with Crippen molar-refractivity contribution in [3.8, 4) is 0 Å². The van der Waals surface area contributed by atoms with Crippen LogP contribution in [0.1, 0.15) is 0 Å². The summed E-state index contributed by atoms with van der Waals surface area (Å²) in [7, 11) is 9.34. The zero-order valence-electron chi connectivity index (χ0n) is 1.36. The Hall–Kier alpha value is 1.62. The predicted molar refractivity (Wildman–Crippen MR) is 11.7 cm³/mol. The Bertz CT molecular complexity index is 4.00. The second kappa shape index (κ2) is 8.82. The fraction of sp³-hybridized carbons (Fsp3) is 0. The van der Waals surface area contributed by atoms with Crippen molar-refractivity contribution in [2.24, 2.45) is 0 Å². The molecule has 0 aliphatic carbocycles. The molecule has 1 radical (unpaired) electrons. The van der Waals surface area contributed by atoms with E-state index >= 15 is 0 Å². The molecule has 34 valence electrons. The van der Waals surface area contributed by atoms with E-state index in [4.69, 9.17) is 0 Å². The molecule has 0 unspecified atom stereocenters. The smallest absolute Gasteiger partial charge is 2.00 e. The molecule has 0 aromatic carbocycles. The van der Waals surface area contributed by atoms with Crippen molar-refractivity contribution in [1.82, 2.24) is 0 Å². The molecule has 0 amide bonds. The summed E-state index contributed by atoms with van der Waals surface area (Å²) in [4.78, 5) is 0. The van der Waals surface area contributed by atoms with Crippen molar-refractivity contribution in [1.29, 1.82) is 0 Å². The van der Waals surface area contributed by atoms with Crippen molar-refractivity contribution >= 4 is 20.2 Å². The number of hydrogen-bond acceptors (Lipinski definition) is 0.